The zero-order valence-electron chi connectivity index (χ0n) is 15.0. The fraction of sp³-hybridized carbons (Fsp3) is 0.150. The fourth-order valence-electron chi connectivity index (χ4n) is 2.59. The Morgan fingerprint density at radius 2 is 1.82 bits per heavy atom. The van der Waals surface area contributed by atoms with Gasteiger partial charge in [-0.2, -0.15) is 0 Å². The van der Waals surface area contributed by atoms with E-state index in [4.69, 9.17) is 20.8 Å². The van der Waals surface area contributed by atoms with Crippen LogP contribution in [0.15, 0.2) is 52.9 Å². The van der Waals surface area contributed by atoms with E-state index in [1.54, 1.807) is 25.1 Å². The molecule has 8 heteroatoms. The second-order valence-corrected chi connectivity index (χ2v) is 6.37. The highest BCUT2D eigenvalue weighted by molar-refractivity contribution is 6.35. The van der Waals surface area contributed by atoms with Gasteiger partial charge in [-0.25, -0.2) is 9.59 Å². The molecule has 2 aromatic carbocycles. The number of hydrogen-bond donors (Lipinski definition) is 2. The Morgan fingerprint density at radius 1 is 1.07 bits per heavy atom. The molecule has 0 fully saturated rings. The molecule has 28 heavy (non-hydrogen) atoms. The van der Waals surface area contributed by atoms with Gasteiger partial charge in [-0.3, -0.25) is 10.1 Å². The van der Waals surface area contributed by atoms with Crippen LogP contribution in [0.4, 0.5) is 4.79 Å². The van der Waals surface area contributed by atoms with Crippen molar-refractivity contribution in [3.05, 3.63) is 70.4 Å². The maximum atomic E-state index is 12.2. The lowest BCUT2D eigenvalue weighted by molar-refractivity contribution is -0.123. The number of esters is 1. The molecule has 2 N–H and O–H groups in total. The SMILES string of the molecule is Cc1c(C(=O)OCC(=O)NC(=O)NCc2ccccc2)oc2c(Cl)cccc12. The summed E-state index contributed by atoms with van der Waals surface area (Å²) < 4.78 is 10.4. The maximum Gasteiger partial charge on any atom is 0.375 e. The number of benzene rings is 2. The van der Waals surface area contributed by atoms with Crippen molar-refractivity contribution in [2.75, 3.05) is 6.61 Å². The van der Waals surface area contributed by atoms with Crippen molar-refractivity contribution >= 4 is 40.5 Å². The molecule has 0 unspecified atom stereocenters. The van der Waals surface area contributed by atoms with Crippen LogP contribution in [0.3, 0.4) is 0 Å². The first-order chi connectivity index (χ1) is 13.5. The summed E-state index contributed by atoms with van der Waals surface area (Å²) in [6, 6.07) is 13.7. The molecule has 0 aliphatic rings. The normalized spacial score (nSPS) is 10.5. The zero-order valence-corrected chi connectivity index (χ0v) is 15.7. The molecule has 0 saturated carbocycles. The highest BCUT2D eigenvalue weighted by Crippen LogP contribution is 2.30. The number of imide groups is 1. The second kappa shape index (κ2) is 8.58. The van der Waals surface area contributed by atoms with E-state index >= 15 is 0 Å². The van der Waals surface area contributed by atoms with E-state index in [-0.39, 0.29) is 12.3 Å². The smallest absolute Gasteiger partial charge is 0.375 e. The minimum atomic E-state index is -0.815. The van der Waals surface area contributed by atoms with E-state index < -0.39 is 24.5 Å². The molecule has 0 bridgehead atoms. The van der Waals surface area contributed by atoms with E-state index in [9.17, 15) is 14.4 Å². The molecular formula is C20H17ClN2O5. The number of hydrogen-bond acceptors (Lipinski definition) is 5. The summed E-state index contributed by atoms with van der Waals surface area (Å²) in [7, 11) is 0. The zero-order chi connectivity index (χ0) is 20.1. The lowest BCUT2D eigenvalue weighted by Crippen LogP contribution is -2.41. The van der Waals surface area contributed by atoms with Crippen molar-refractivity contribution in [3.8, 4) is 0 Å². The summed E-state index contributed by atoms with van der Waals surface area (Å²) in [5.41, 5.74) is 1.82. The highest BCUT2D eigenvalue weighted by Gasteiger charge is 2.21. The van der Waals surface area contributed by atoms with E-state index in [0.717, 1.165) is 5.56 Å². The molecule has 3 amide bonds. The van der Waals surface area contributed by atoms with Gasteiger partial charge in [0.1, 0.15) is 0 Å². The number of furan rings is 1. The molecule has 0 aliphatic carbocycles. The fourth-order valence-corrected chi connectivity index (χ4v) is 2.80. The number of carbonyl (C=O) groups excluding carboxylic acids is 3. The predicted molar refractivity (Wildman–Crippen MR) is 103 cm³/mol. The van der Waals surface area contributed by atoms with Crippen molar-refractivity contribution in [2.45, 2.75) is 13.5 Å². The Morgan fingerprint density at radius 3 is 2.54 bits per heavy atom. The van der Waals surface area contributed by atoms with Crippen molar-refractivity contribution in [3.63, 3.8) is 0 Å². The molecule has 3 aromatic rings. The van der Waals surface area contributed by atoms with Crippen LogP contribution >= 0.6 is 11.6 Å². The molecular weight excluding hydrogens is 384 g/mol. The molecule has 0 aliphatic heterocycles. The van der Waals surface area contributed by atoms with Crippen molar-refractivity contribution in [1.82, 2.24) is 10.6 Å². The van der Waals surface area contributed by atoms with Crippen LogP contribution in [-0.4, -0.2) is 24.5 Å². The van der Waals surface area contributed by atoms with Gasteiger partial charge >= 0.3 is 12.0 Å². The molecule has 0 saturated heterocycles. The molecule has 144 valence electrons. The third-order valence-corrected chi connectivity index (χ3v) is 4.28. The lowest BCUT2D eigenvalue weighted by atomic mass is 10.1. The van der Waals surface area contributed by atoms with Crippen LogP contribution in [0.2, 0.25) is 5.02 Å². The summed E-state index contributed by atoms with van der Waals surface area (Å²) in [6.45, 7) is 1.33. The molecule has 0 atom stereocenters. The highest BCUT2D eigenvalue weighted by atomic mass is 35.5. The predicted octanol–water partition coefficient (Wildman–Crippen LogP) is 3.58. The number of amides is 3. The summed E-state index contributed by atoms with van der Waals surface area (Å²) >= 11 is 6.05. The first-order valence-electron chi connectivity index (χ1n) is 8.42. The largest absolute Gasteiger partial charge is 0.450 e. The summed E-state index contributed by atoms with van der Waals surface area (Å²) in [5, 5.41) is 5.68. The van der Waals surface area contributed by atoms with Gasteiger partial charge in [0.2, 0.25) is 5.76 Å². The van der Waals surface area contributed by atoms with E-state index in [1.165, 1.54) is 0 Å². The van der Waals surface area contributed by atoms with E-state index in [0.29, 0.717) is 21.6 Å². The maximum absolute atomic E-state index is 12.2. The number of ether oxygens (including phenoxy) is 1. The number of para-hydroxylation sites is 1. The molecule has 0 radical (unpaired) electrons. The monoisotopic (exact) mass is 400 g/mol. The summed E-state index contributed by atoms with van der Waals surface area (Å²) in [6.07, 6.45) is 0. The Hall–Kier alpha value is -3.32. The number of aryl methyl sites for hydroxylation is 1. The van der Waals surface area contributed by atoms with Gasteiger partial charge in [0.25, 0.3) is 5.91 Å². The number of fused-ring (bicyclic) bond motifs is 1. The first kappa shape index (κ1) is 19.4. The van der Waals surface area contributed by atoms with Crippen LogP contribution in [0.25, 0.3) is 11.0 Å². The van der Waals surface area contributed by atoms with Crippen LogP contribution in [0, 0.1) is 6.92 Å². The molecule has 7 nitrogen and oxygen atoms in total. The molecule has 1 heterocycles. The molecule has 0 spiro atoms. The van der Waals surface area contributed by atoms with Crippen LogP contribution in [0.5, 0.6) is 0 Å². The second-order valence-electron chi connectivity index (χ2n) is 5.97. The van der Waals surface area contributed by atoms with Crippen molar-refractivity contribution in [2.24, 2.45) is 0 Å². The summed E-state index contributed by atoms with van der Waals surface area (Å²) in [4.78, 5) is 35.8. The molecule has 1 aromatic heterocycles. The number of urea groups is 1. The minimum absolute atomic E-state index is 0.0376. The van der Waals surface area contributed by atoms with Gasteiger partial charge in [0.05, 0.1) is 5.02 Å². The van der Waals surface area contributed by atoms with Crippen LogP contribution in [0.1, 0.15) is 21.7 Å². The Kier molecular flexibility index (Phi) is 5.96. The minimum Gasteiger partial charge on any atom is -0.450 e. The Bertz CT molecular complexity index is 1030. The van der Waals surface area contributed by atoms with E-state index in [1.807, 2.05) is 30.3 Å². The van der Waals surface area contributed by atoms with Crippen LogP contribution in [-0.2, 0) is 16.1 Å². The van der Waals surface area contributed by atoms with E-state index in [2.05, 4.69) is 10.6 Å². The number of carbonyl (C=O) groups is 3. The van der Waals surface area contributed by atoms with Gasteiger partial charge in [0.15, 0.2) is 12.2 Å². The lowest BCUT2D eigenvalue weighted by Gasteiger charge is -2.07. The van der Waals surface area contributed by atoms with Gasteiger partial charge in [0, 0.05) is 17.5 Å². The van der Waals surface area contributed by atoms with Gasteiger partial charge in [-0.05, 0) is 18.6 Å². The van der Waals surface area contributed by atoms with Gasteiger partial charge < -0.3 is 14.5 Å². The van der Waals surface area contributed by atoms with Crippen molar-refractivity contribution < 1.29 is 23.5 Å². The summed E-state index contributed by atoms with van der Waals surface area (Å²) in [5.74, 6) is -1.61. The van der Waals surface area contributed by atoms with Gasteiger partial charge in [-0.15, -0.1) is 0 Å². The average Bonchev–Trinajstić information content (AvgIpc) is 3.03. The number of rotatable bonds is 5. The third kappa shape index (κ3) is 4.50. The third-order valence-electron chi connectivity index (χ3n) is 3.98. The topological polar surface area (TPSA) is 97.6 Å². The van der Waals surface area contributed by atoms with Crippen molar-refractivity contribution in [1.29, 1.82) is 0 Å². The van der Waals surface area contributed by atoms with Gasteiger partial charge in [-0.1, -0.05) is 54.1 Å². The van der Waals surface area contributed by atoms with Crippen LogP contribution < -0.4 is 10.6 Å². The quantitative estimate of drug-likeness (QED) is 0.638. The Balaban J connectivity index is 1.51. The number of halogens is 1. The molecule has 3 rings (SSSR count). The number of nitrogens with one attached hydrogen (secondary N) is 2. The average molecular weight is 401 g/mol. The standard InChI is InChI=1S/C20H17ClN2O5/c1-12-14-8-5-9-15(21)18(14)28-17(12)19(25)27-11-16(24)23-20(26)22-10-13-6-3-2-4-7-13/h2-9H,10-11H2,1H3,(H2,22,23,24,26). The Labute approximate surface area is 165 Å². The first-order valence-corrected chi connectivity index (χ1v) is 8.80.